The predicted octanol–water partition coefficient (Wildman–Crippen LogP) is 2.92. The molecule has 0 N–H and O–H groups in total. The molecule has 1 heterocycles. The predicted molar refractivity (Wildman–Crippen MR) is 85.5 cm³/mol. The van der Waals surface area contributed by atoms with E-state index in [2.05, 4.69) is 11.8 Å². The molecule has 0 spiro atoms. The highest BCUT2D eigenvalue weighted by atomic mass is 16.5. The molecular weight excluding hydrogens is 282 g/mol. The smallest absolute Gasteiger partial charge is 0.307 e. The molecule has 1 aliphatic rings. The first-order chi connectivity index (χ1) is 10.6. The van der Waals surface area contributed by atoms with Crippen LogP contribution < -0.4 is 0 Å². The van der Waals surface area contributed by atoms with Gasteiger partial charge in [-0.15, -0.1) is 0 Å². The SMILES string of the molecule is CCCCC[C@@H]1CCC[C@H](CC(=O)OC)N1CCOC(C)=O. The third-order valence-corrected chi connectivity index (χ3v) is 4.44. The summed E-state index contributed by atoms with van der Waals surface area (Å²) in [5.74, 6) is -0.402. The first kappa shape index (κ1) is 18.9. The quantitative estimate of drug-likeness (QED) is 0.484. The Balaban J connectivity index is 2.61. The van der Waals surface area contributed by atoms with Crippen LogP contribution in [0.15, 0.2) is 0 Å². The number of unbranched alkanes of at least 4 members (excludes halogenated alkanes) is 2. The van der Waals surface area contributed by atoms with Gasteiger partial charge in [-0.05, 0) is 19.3 Å². The van der Waals surface area contributed by atoms with Crippen molar-refractivity contribution in [2.45, 2.75) is 77.3 Å². The maximum atomic E-state index is 11.6. The number of piperidine rings is 1. The Morgan fingerprint density at radius 1 is 1.18 bits per heavy atom. The van der Waals surface area contributed by atoms with Gasteiger partial charge in [-0.1, -0.05) is 32.6 Å². The summed E-state index contributed by atoms with van der Waals surface area (Å²) in [6.45, 7) is 4.75. The lowest BCUT2D eigenvalue weighted by atomic mass is 9.90. The third kappa shape index (κ3) is 6.77. The van der Waals surface area contributed by atoms with E-state index >= 15 is 0 Å². The van der Waals surface area contributed by atoms with Crippen molar-refractivity contribution in [2.24, 2.45) is 0 Å². The molecule has 1 aliphatic heterocycles. The van der Waals surface area contributed by atoms with Crippen molar-refractivity contribution in [3.05, 3.63) is 0 Å². The fourth-order valence-corrected chi connectivity index (χ4v) is 3.31. The van der Waals surface area contributed by atoms with Crippen LogP contribution >= 0.6 is 0 Å². The van der Waals surface area contributed by atoms with Crippen molar-refractivity contribution in [2.75, 3.05) is 20.3 Å². The highest BCUT2D eigenvalue weighted by Gasteiger charge is 2.31. The molecule has 0 amide bonds. The molecule has 2 atom stereocenters. The Morgan fingerprint density at radius 3 is 2.55 bits per heavy atom. The van der Waals surface area contributed by atoms with Crippen LogP contribution in [0.4, 0.5) is 0 Å². The second-order valence-electron chi connectivity index (χ2n) is 6.09. The van der Waals surface area contributed by atoms with Crippen LogP contribution in [-0.2, 0) is 19.1 Å². The van der Waals surface area contributed by atoms with Gasteiger partial charge in [-0.3, -0.25) is 14.5 Å². The maximum Gasteiger partial charge on any atom is 0.307 e. The second-order valence-corrected chi connectivity index (χ2v) is 6.09. The lowest BCUT2D eigenvalue weighted by Crippen LogP contribution is -2.49. The summed E-state index contributed by atoms with van der Waals surface area (Å²) in [5.41, 5.74) is 0. The number of carbonyl (C=O) groups excluding carboxylic acids is 2. The first-order valence-electron chi connectivity index (χ1n) is 8.54. The number of ether oxygens (including phenoxy) is 2. The molecule has 0 unspecified atom stereocenters. The monoisotopic (exact) mass is 313 g/mol. The molecule has 22 heavy (non-hydrogen) atoms. The van der Waals surface area contributed by atoms with Gasteiger partial charge in [0, 0.05) is 25.6 Å². The molecule has 1 saturated heterocycles. The molecule has 1 fully saturated rings. The van der Waals surface area contributed by atoms with E-state index in [0.717, 1.165) is 19.3 Å². The molecule has 0 aliphatic carbocycles. The van der Waals surface area contributed by atoms with E-state index < -0.39 is 0 Å². The minimum Gasteiger partial charge on any atom is -0.469 e. The van der Waals surface area contributed by atoms with E-state index in [1.54, 1.807) is 0 Å². The van der Waals surface area contributed by atoms with E-state index in [1.807, 2.05) is 0 Å². The number of nitrogens with zero attached hydrogens (tertiary/aromatic N) is 1. The van der Waals surface area contributed by atoms with Gasteiger partial charge in [-0.2, -0.15) is 0 Å². The van der Waals surface area contributed by atoms with E-state index in [1.165, 1.54) is 39.7 Å². The molecule has 0 radical (unpaired) electrons. The third-order valence-electron chi connectivity index (χ3n) is 4.44. The molecule has 0 aromatic heterocycles. The number of methoxy groups -OCH3 is 1. The van der Waals surface area contributed by atoms with Gasteiger partial charge in [0.15, 0.2) is 0 Å². The standard InChI is InChI=1S/C17H31NO4/c1-4-5-6-8-15-9-7-10-16(13-17(20)21-3)18(15)11-12-22-14(2)19/h15-16H,4-13H2,1-3H3/t15-,16-/m1/s1. The number of likely N-dealkylation sites (tertiary alicyclic amines) is 1. The summed E-state index contributed by atoms with van der Waals surface area (Å²) < 4.78 is 9.93. The van der Waals surface area contributed by atoms with Gasteiger partial charge >= 0.3 is 11.9 Å². The van der Waals surface area contributed by atoms with E-state index in [9.17, 15) is 9.59 Å². The Hall–Kier alpha value is -1.10. The maximum absolute atomic E-state index is 11.6. The van der Waals surface area contributed by atoms with Gasteiger partial charge in [0.25, 0.3) is 0 Å². The topological polar surface area (TPSA) is 55.8 Å². The highest BCUT2D eigenvalue weighted by Crippen LogP contribution is 2.28. The lowest BCUT2D eigenvalue weighted by Gasteiger charge is -2.42. The molecule has 128 valence electrons. The summed E-state index contributed by atoms with van der Waals surface area (Å²) in [7, 11) is 1.44. The Kier molecular flexibility index (Phi) is 9.13. The number of esters is 2. The fraction of sp³-hybridized carbons (Fsp3) is 0.882. The Morgan fingerprint density at radius 2 is 1.91 bits per heavy atom. The number of hydrogen-bond acceptors (Lipinski definition) is 5. The van der Waals surface area contributed by atoms with Crippen LogP contribution in [0.3, 0.4) is 0 Å². The molecule has 0 bridgehead atoms. The summed E-state index contributed by atoms with van der Waals surface area (Å²) in [5, 5.41) is 0. The van der Waals surface area contributed by atoms with E-state index in [-0.39, 0.29) is 18.0 Å². The zero-order valence-corrected chi connectivity index (χ0v) is 14.3. The zero-order valence-electron chi connectivity index (χ0n) is 14.3. The van der Waals surface area contributed by atoms with Crippen LogP contribution in [0.25, 0.3) is 0 Å². The lowest BCUT2D eigenvalue weighted by molar-refractivity contribution is -0.145. The van der Waals surface area contributed by atoms with Gasteiger partial charge in [0.05, 0.1) is 13.5 Å². The molecule has 0 aromatic carbocycles. The van der Waals surface area contributed by atoms with Crippen molar-refractivity contribution >= 4 is 11.9 Å². The molecule has 1 rings (SSSR count). The largest absolute Gasteiger partial charge is 0.469 e. The average molecular weight is 313 g/mol. The summed E-state index contributed by atoms with van der Waals surface area (Å²) in [4.78, 5) is 25.0. The van der Waals surface area contributed by atoms with E-state index in [4.69, 9.17) is 9.47 Å². The summed E-state index contributed by atoms with van der Waals surface area (Å²) in [6, 6.07) is 0.703. The van der Waals surface area contributed by atoms with E-state index in [0.29, 0.717) is 25.6 Å². The zero-order chi connectivity index (χ0) is 16.4. The normalized spacial score (nSPS) is 22.3. The highest BCUT2D eigenvalue weighted by molar-refractivity contribution is 5.70. The molecular formula is C17H31NO4. The van der Waals surface area contributed by atoms with Gasteiger partial charge < -0.3 is 9.47 Å². The van der Waals surface area contributed by atoms with Crippen LogP contribution in [0.1, 0.15) is 65.2 Å². The summed E-state index contributed by atoms with van der Waals surface area (Å²) in [6.07, 6.45) is 8.60. The van der Waals surface area contributed by atoms with Gasteiger partial charge in [0.2, 0.25) is 0 Å². The second kappa shape index (κ2) is 10.6. The van der Waals surface area contributed by atoms with Crippen molar-refractivity contribution in [1.29, 1.82) is 0 Å². The molecule has 0 aromatic rings. The van der Waals surface area contributed by atoms with Crippen LogP contribution in [0.5, 0.6) is 0 Å². The minimum absolute atomic E-state index is 0.156. The first-order valence-corrected chi connectivity index (χ1v) is 8.54. The van der Waals surface area contributed by atoms with Crippen LogP contribution in [-0.4, -0.2) is 49.2 Å². The Labute approximate surface area is 134 Å². The number of rotatable bonds is 9. The van der Waals surface area contributed by atoms with Crippen molar-refractivity contribution in [3.8, 4) is 0 Å². The molecule has 0 saturated carbocycles. The van der Waals surface area contributed by atoms with Crippen molar-refractivity contribution < 1.29 is 19.1 Å². The number of hydrogen-bond donors (Lipinski definition) is 0. The molecule has 5 nitrogen and oxygen atoms in total. The van der Waals surface area contributed by atoms with Crippen LogP contribution in [0.2, 0.25) is 0 Å². The minimum atomic E-state index is -0.246. The molecule has 5 heteroatoms. The fourth-order valence-electron chi connectivity index (χ4n) is 3.31. The van der Waals surface area contributed by atoms with Gasteiger partial charge in [-0.25, -0.2) is 0 Å². The van der Waals surface area contributed by atoms with Crippen LogP contribution in [0, 0.1) is 0 Å². The van der Waals surface area contributed by atoms with Crippen molar-refractivity contribution in [1.82, 2.24) is 4.90 Å². The van der Waals surface area contributed by atoms with Gasteiger partial charge in [0.1, 0.15) is 6.61 Å². The number of carbonyl (C=O) groups is 2. The summed E-state index contributed by atoms with van der Waals surface area (Å²) >= 11 is 0. The van der Waals surface area contributed by atoms with Crippen molar-refractivity contribution in [3.63, 3.8) is 0 Å². The average Bonchev–Trinajstić information content (AvgIpc) is 2.49. The Bertz CT molecular complexity index is 346.